The van der Waals surface area contributed by atoms with E-state index in [2.05, 4.69) is 43.1 Å². The van der Waals surface area contributed by atoms with E-state index in [0.717, 1.165) is 16.6 Å². The molecule has 0 fully saturated rings. The molecule has 0 radical (unpaired) electrons. The Morgan fingerprint density at radius 2 is 1.70 bits per heavy atom. The average Bonchev–Trinajstić information content (AvgIpc) is 2.57. The summed E-state index contributed by atoms with van der Waals surface area (Å²) in [5, 5.41) is 0. The van der Waals surface area contributed by atoms with Crippen LogP contribution >= 0.6 is 0 Å². The molecule has 0 bridgehead atoms. The van der Waals surface area contributed by atoms with Gasteiger partial charge in [-0.3, -0.25) is 4.79 Å². The van der Waals surface area contributed by atoms with Gasteiger partial charge in [-0.15, -0.1) is 0 Å². The maximum Gasteiger partial charge on any atom is 0.276 e. The van der Waals surface area contributed by atoms with Crippen molar-refractivity contribution in [3.63, 3.8) is 0 Å². The number of hydrogen-bond donors (Lipinski definition) is 0. The van der Waals surface area contributed by atoms with Gasteiger partial charge < -0.3 is 4.57 Å². The van der Waals surface area contributed by atoms with Gasteiger partial charge >= 0.3 is 0 Å². The van der Waals surface area contributed by atoms with E-state index in [9.17, 15) is 4.79 Å². The number of aryl methyl sites for hydroxylation is 1. The van der Waals surface area contributed by atoms with Crippen LogP contribution in [0.25, 0.3) is 23.2 Å². The van der Waals surface area contributed by atoms with Gasteiger partial charge in [-0.05, 0) is 35.3 Å². The van der Waals surface area contributed by atoms with Crippen LogP contribution in [0.1, 0.15) is 36.6 Å². The lowest BCUT2D eigenvalue weighted by molar-refractivity contribution is 0.866. The highest BCUT2D eigenvalue weighted by Crippen LogP contribution is 2.16. The molecule has 23 heavy (non-hydrogen) atoms. The van der Waals surface area contributed by atoms with Crippen molar-refractivity contribution < 1.29 is 0 Å². The second kappa shape index (κ2) is 6.21. The number of fused-ring (bicyclic) bond motifs is 1. The molecule has 3 aromatic rings. The zero-order valence-corrected chi connectivity index (χ0v) is 13.7. The first-order valence-electron chi connectivity index (χ1n) is 7.80. The van der Waals surface area contributed by atoms with E-state index in [1.165, 1.54) is 5.56 Å². The van der Waals surface area contributed by atoms with Gasteiger partial charge in [0.2, 0.25) is 0 Å². The first-order chi connectivity index (χ1) is 11.1. The van der Waals surface area contributed by atoms with Crippen molar-refractivity contribution in [3.8, 4) is 0 Å². The summed E-state index contributed by atoms with van der Waals surface area (Å²) in [6.07, 6.45) is 3.72. The first kappa shape index (κ1) is 15.2. The number of benzene rings is 2. The minimum Gasteiger partial charge on any atom is -0.308 e. The van der Waals surface area contributed by atoms with E-state index in [1.54, 1.807) is 17.7 Å². The summed E-state index contributed by atoms with van der Waals surface area (Å²) in [5.74, 6) is 0.516. The quantitative estimate of drug-likeness (QED) is 0.726. The Hall–Kier alpha value is -2.68. The molecule has 0 aliphatic rings. The van der Waals surface area contributed by atoms with E-state index in [0.29, 0.717) is 11.6 Å². The minimum absolute atomic E-state index is 0.0845. The average molecular weight is 304 g/mol. The van der Waals surface area contributed by atoms with Gasteiger partial charge in [-0.25, -0.2) is 4.98 Å². The van der Waals surface area contributed by atoms with Crippen LogP contribution in [0.4, 0.5) is 0 Å². The number of hydrogen-bond acceptors (Lipinski definition) is 2. The molecule has 3 nitrogen and oxygen atoms in total. The zero-order valence-electron chi connectivity index (χ0n) is 13.7. The van der Waals surface area contributed by atoms with Crippen LogP contribution < -0.4 is 5.56 Å². The molecule has 3 heteroatoms. The van der Waals surface area contributed by atoms with Crippen LogP contribution in [0, 0.1) is 0 Å². The van der Waals surface area contributed by atoms with Crippen molar-refractivity contribution in [3.05, 3.63) is 75.7 Å². The Morgan fingerprint density at radius 3 is 2.39 bits per heavy atom. The highest BCUT2D eigenvalue weighted by molar-refractivity contribution is 5.77. The lowest BCUT2D eigenvalue weighted by Gasteiger charge is -2.06. The monoisotopic (exact) mass is 304 g/mol. The lowest BCUT2D eigenvalue weighted by atomic mass is 10.0. The largest absolute Gasteiger partial charge is 0.308 e. The van der Waals surface area contributed by atoms with Crippen LogP contribution in [0.15, 0.2) is 53.3 Å². The van der Waals surface area contributed by atoms with Gasteiger partial charge in [0.25, 0.3) is 5.56 Å². The summed E-state index contributed by atoms with van der Waals surface area (Å²) in [5.41, 5.74) is 4.41. The van der Waals surface area contributed by atoms with Gasteiger partial charge in [-0.2, -0.15) is 0 Å². The molecule has 0 aliphatic heterocycles. The van der Waals surface area contributed by atoms with Crippen LogP contribution in [0.3, 0.4) is 0 Å². The molecule has 0 saturated heterocycles. The van der Waals surface area contributed by atoms with Crippen molar-refractivity contribution in [2.45, 2.75) is 19.8 Å². The molecule has 1 aromatic heterocycles. The lowest BCUT2D eigenvalue weighted by Crippen LogP contribution is -2.21. The third-order valence-corrected chi connectivity index (χ3v) is 4.04. The number of aromatic nitrogens is 2. The van der Waals surface area contributed by atoms with E-state index in [1.807, 2.05) is 30.3 Å². The van der Waals surface area contributed by atoms with Crippen LogP contribution in [-0.4, -0.2) is 9.55 Å². The Kier molecular flexibility index (Phi) is 4.11. The Labute approximate surface area is 135 Å². The molecule has 2 aromatic carbocycles. The van der Waals surface area contributed by atoms with Gasteiger partial charge in [0.1, 0.15) is 5.69 Å². The fourth-order valence-corrected chi connectivity index (χ4v) is 2.58. The van der Waals surface area contributed by atoms with Gasteiger partial charge in [-0.1, -0.05) is 56.3 Å². The predicted octanol–water partition coefficient (Wildman–Crippen LogP) is 4.23. The van der Waals surface area contributed by atoms with Crippen molar-refractivity contribution in [2.24, 2.45) is 7.05 Å². The molecule has 0 atom stereocenters. The van der Waals surface area contributed by atoms with Crippen molar-refractivity contribution >= 4 is 23.2 Å². The summed E-state index contributed by atoms with van der Waals surface area (Å²) in [4.78, 5) is 16.9. The summed E-state index contributed by atoms with van der Waals surface area (Å²) >= 11 is 0. The molecule has 0 amide bonds. The Bertz CT molecular complexity index is 919. The molecular formula is C20H20N2O. The molecule has 1 heterocycles. The van der Waals surface area contributed by atoms with E-state index >= 15 is 0 Å². The molecule has 0 N–H and O–H groups in total. The molecule has 0 unspecified atom stereocenters. The van der Waals surface area contributed by atoms with Crippen molar-refractivity contribution in [1.29, 1.82) is 0 Å². The fourth-order valence-electron chi connectivity index (χ4n) is 2.58. The topological polar surface area (TPSA) is 34.9 Å². The van der Waals surface area contributed by atoms with Crippen molar-refractivity contribution in [2.75, 3.05) is 0 Å². The first-order valence-corrected chi connectivity index (χ1v) is 7.80. The summed E-state index contributed by atoms with van der Waals surface area (Å²) in [6.45, 7) is 4.35. The molecule has 0 aliphatic carbocycles. The second-order valence-electron chi connectivity index (χ2n) is 6.00. The predicted molar refractivity (Wildman–Crippen MR) is 96.4 cm³/mol. The summed E-state index contributed by atoms with van der Waals surface area (Å²) < 4.78 is 1.64. The Morgan fingerprint density at radius 1 is 1.00 bits per heavy atom. The molecule has 0 saturated carbocycles. The number of rotatable bonds is 3. The highest BCUT2D eigenvalue weighted by atomic mass is 16.1. The van der Waals surface area contributed by atoms with Gasteiger partial charge in [0.15, 0.2) is 0 Å². The maximum absolute atomic E-state index is 12.4. The van der Waals surface area contributed by atoms with Crippen LogP contribution in [0.5, 0.6) is 0 Å². The molecule has 116 valence electrons. The van der Waals surface area contributed by atoms with E-state index < -0.39 is 0 Å². The second-order valence-corrected chi connectivity index (χ2v) is 6.00. The minimum atomic E-state index is -0.0845. The SMILES string of the molecule is CC(C)c1ccc(C=Cc2nc3ccccc3n(C)c2=O)cc1. The number of para-hydroxylation sites is 2. The highest BCUT2D eigenvalue weighted by Gasteiger charge is 2.05. The third kappa shape index (κ3) is 3.09. The smallest absolute Gasteiger partial charge is 0.276 e. The standard InChI is InChI=1S/C20H20N2O/c1-14(2)16-11-8-15(9-12-16)10-13-18-20(23)22(3)19-7-5-4-6-17(19)21-18/h4-14H,1-3H3. The third-order valence-electron chi connectivity index (χ3n) is 4.04. The van der Waals surface area contributed by atoms with Gasteiger partial charge in [0.05, 0.1) is 11.0 Å². The fraction of sp³-hybridized carbons (Fsp3) is 0.200. The zero-order chi connectivity index (χ0) is 16.4. The maximum atomic E-state index is 12.4. The number of nitrogens with zero attached hydrogens (tertiary/aromatic N) is 2. The normalized spacial score (nSPS) is 11.7. The van der Waals surface area contributed by atoms with E-state index in [-0.39, 0.29) is 5.56 Å². The molecular weight excluding hydrogens is 284 g/mol. The Balaban J connectivity index is 1.97. The van der Waals surface area contributed by atoms with Crippen LogP contribution in [0.2, 0.25) is 0 Å². The van der Waals surface area contributed by atoms with E-state index in [4.69, 9.17) is 0 Å². The summed E-state index contributed by atoms with van der Waals surface area (Å²) in [6, 6.07) is 16.0. The molecule has 0 spiro atoms. The van der Waals surface area contributed by atoms with Crippen molar-refractivity contribution in [1.82, 2.24) is 9.55 Å². The van der Waals surface area contributed by atoms with Gasteiger partial charge in [0, 0.05) is 7.05 Å². The van der Waals surface area contributed by atoms with Crippen LogP contribution in [-0.2, 0) is 7.05 Å². The summed E-state index contributed by atoms with van der Waals surface area (Å²) in [7, 11) is 1.78. The molecule has 3 rings (SSSR count).